The summed E-state index contributed by atoms with van der Waals surface area (Å²) in [5.41, 5.74) is 0. The number of aliphatic carboxylic acids is 1. The quantitative estimate of drug-likeness (QED) is 0.568. The maximum absolute atomic E-state index is 9.99. The summed E-state index contributed by atoms with van der Waals surface area (Å²) in [5.74, 6) is -1.26. The van der Waals surface area contributed by atoms with E-state index in [2.05, 4.69) is 0 Å². The number of thioether (sulfide) groups is 1. The third kappa shape index (κ3) is 4.55. The normalized spacial score (nSPS) is 12.5. The molecule has 0 bridgehead atoms. The molecule has 3 N–H and O–H groups in total. The molecule has 0 aliphatic rings. The summed E-state index contributed by atoms with van der Waals surface area (Å²) in [7, 11) is 0. The van der Waals surface area contributed by atoms with Crippen molar-refractivity contribution < 1.29 is 20.1 Å². The van der Waals surface area contributed by atoms with E-state index in [9.17, 15) is 4.79 Å². The van der Waals surface area contributed by atoms with Crippen molar-refractivity contribution in [3.63, 3.8) is 0 Å². The molecule has 0 saturated heterocycles. The first-order valence-electron chi connectivity index (χ1n) is 2.94. The van der Waals surface area contributed by atoms with Gasteiger partial charge in [-0.05, 0) is 6.26 Å². The molecule has 4 nitrogen and oxygen atoms in total. The Kier molecular flexibility index (Phi) is 4.52. The molecule has 0 atom stereocenters. The lowest BCUT2D eigenvalue weighted by Crippen LogP contribution is -1.96. The number of carbonyl (C=O) groups is 1. The highest BCUT2D eigenvalue weighted by Crippen LogP contribution is 2.14. The summed E-state index contributed by atoms with van der Waals surface area (Å²) in [4.78, 5) is 9.99. The van der Waals surface area contributed by atoms with Crippen molar-refractivity contribution in [3.8, 4) is 0 Å². The van der Waals surface area contributed by atoms with Crippen LogP contribution in [0.4, 0.5) is 0 Å². The molecule has 0 aromatic carbocycles. The fourth-order valence-corrected chi connectivity index (χ4v) is 0.788. The molecule has 0 spiro atoms. The smallest absolute Gasteiger partial charge is 0.303 e. The first-order valence-corrected chi connectivity index (χ1v) is 4.17. The second-order valence-corrected chi connectivity index (χ2v) is 2.64. The zero-order chi connectivity index (χ0) is 8.85. The fourth-order valence-electron chi connectivity index (χ4n) is 0.450. The van der Waals surface area contributed by atoms with Crippen LogP contribution in [0.5, 0.6) is 0 Å². The van der Waals surface area contributed by atoms with E-state index in [-0.39, 0.29) is 23.7 Å². The largest absolute Gasteiger partial charge is 0.508 e. The van der Waals surface area contributed by atoms with Gasteiger partial charge in [0.25, 0.3) is 0 Å². The Balaban J connectivity index is 3.85. The average molecular weight is 178 g/mol. The number of allylic oxidation sites excluding steroid dienone is 1. The van der Waals surface area contributed by atoms with E-state index in [4.69, 9.17) is 15.3 Å². The Morgan fingerprint density at radius 1 is 1.27 bits per heavy atom. The molecule has 0 radical (unpaired) electrons. The van der Waals surface area contributed by atoms with Crippen molar-refractivity contribution in [2.45, 2.75) is 12.8 Å². The van der Waals surface area contributed by atoms with E-state index in [0.29, 0.717) is 0 Å². The van der Waals surface area contributed by atoms with Gasteiger partial charge in [-0.2, -0.15) is 0 Å². The van der Waals surface area contributed by atoms with Gasteiger partial charge in [-0.1, -0.05) is 11.8 Å². The maximum Gasteiger partial charge on any atom is 0.303 e. The van der Waals surface area contributed by atoms with Crippen LogP contribution in [-0.4, -0.2) is 27.5 Å². The van der Waals surface area contributed by atoms with E-state index in [1.807, 2.05) is 0 Å². The monoisotopic (exact) mass is 178 g/mol. The van der Waals surface area contributed by atoms with Gasteiger partial charge in [0.05, 0.1) is 6.42 Å². The van der Waals surface area contributed by atoms with Crippen molar-refractivity contribution in [2.24, 2.45) is 0 Å². The van der Waals surface area contributed by atoms with Crippen molar-refractivity contribution >= 4 is 17.7 Å². The molecule has 11 heavy (non-hydrogen) atoms. The van der Waals surface area contributed by atoms with Crippen molar-refractivity contribution in [3.05, 3.63) is 10.9 Å². The standard InChI is InChI=1S/C6H10O4S/c1-11-6(10)4(7)2-3-5(8)9/h7,10H,2-3H2,1H3,(H,8,9). The summed E-state index contributed by atoms with van der Waals surface area (Å²) in [6.45, 7) is 0. The summed E-state index contributed by atoms with van der Waals surface area (Å²) >= 11 is 0.977. The van der Waals surface area contributed by atoms with E-state index in [0.717, 1.165) is 11.8 Å². The molecule has 0 aromatic heterocycles. The van der Waals surface area contributed by atoms with Gasteiger partial charge < -0.3 is 15.3 Å². The number of carboxylic acid groups (broad SMARTS) is 1. The summed E-state index contributed by atoms with van der Waals surface area (Å²) in [6.07, 6.45) is 1.39. The highest BCUT2D eigenvalue weighted by molar-refractivity contribution is 8.02. The van der Waals surface area contributed by atoms with Crippen LogP contribution in [0, 0.1) is 0 Å². The first-order chi connectivity index (χ1) is 5.07. The van der Waals surface area contributed by atoms with Crippen molar-refractivity contribution in [2.75, 3.05) is 6.26 Å². The van der Waals surface area contributed by atoms with Crippen LogP contribution in [-0.2, 0) is 4.79 Å². The Labute approximate surface area is 68.5 Å². The van der Waals surface area contributed by atoms with Crippen molar-refractivity contribution in [1.82, 2.24) is 0 Å². The molecular formula is C6H10O4S. The van der Waals surface area contributed by atoms with Crippen LogP contribution in [0.15, 0.2) is 10.9 Å². The van der Waals surface area contributed by atoms with Gasteiger partial charge in [-0.25, -0.2) is 0 Å². The van der Waals surface area contributed by atoms with Crippen LogP contribution in [0.2, 0.25) is 0 Å². The molecule has 0 aromatic rings. The zero-order valence-corrected chi connectivity index (χ0v) is 6.89. The molecule has 5 heteroatoms. The molecule has 0 heterocycles. The Hall–Kier alpha value is -0.840. The summed E-state index contributed by atoms with van der Waals surface area (Å²) in [5, 5.41) is 25.7. The Morgan fingerprint density at radius 3 is 2.18 bits per heavy atom. The molecular weight excluding hydrogens is 168 g/mol. The van der Waals surface area contributed by atoms with Crippen LogP contribution in [0.3, 0.4) is 0 Å². The topological polar surface area (TPSA) is 77.8 Å². The van der Waals surface area contributed by atoms with Gasteiger partial charge in [0.2, 0.25) is 0 Å². The molecule has 0 amide bonds. The highest BCUT2D eigenvalue weighted by atomic mass is 32.2. The van der Waals surface area contributed by atoms with E-state index in [1.165, 1.54) is 0 Å². The molecule has 0 fully saturated rings. The highest BCUT2D eigenvalue weighted by Gasteiger charge is 2.04. The Morgan fingerprint density at radius 2 is 1.82 bits per heavy atom. The fraction of sp³-hybridized carbons (Fsp3) is 0.500. The van der Waals surface area contributed by atoms with Gasteiger partial charge in [0, 0.05) is 6.42 Å². The number of aliphatic hydroxyl groups is 2. The average Bonchev–Trinajstić information content (AvgIpc) is 1.98. The molecule has 0 unspecified atom stereocenters. The van der Waals surface area contributed by atoms with Gasteiger partial charge in [0.1, 0.15) is 5.76 Å². The van der Waals surface area contributed by atoms with E-state index in [1.54, 1.807) is 6.26 Å². The van der Waals surface area contributed by atoms with Gasteiger partial charge in [-0.3, -0.25) is 4.79 Å². The zero-order valence-electron chi connectivity index (χ0n) is 6.07. The second kappa shape index (κ2) is 4.90. The molecule has 0 rings (SSSR count). The van der Waals surface area contributed by atoms with Crippen molar-refractivity contribution in [1.29, 1.82) is 0 Å². The SMILES string of the molecule is CSC(O)=C(O)CCC(=O)O. The number of hydrogen-bond acceptors (Lipinski definition) is 4. The lowest BCUT2D eigenvalue weighted by atomic mass is 10.3. The lowest BCUT2D eigenvalue weighted by Gasteiger charge is -1.99. The number of hydrogen-bond donors (Lipinski definition) is 3. The summed E-state index contributed by atoms with van der Waals surface area (Å²) in [6, 6.07) is 0. The number of carboxylic acids is 1. The second-order valence-electron chi connectivity index (χ2n) is 1.85. The minimum atomic E-state index is -0.995. The van der Waals surface area contributed by atoms with E-state index >= 15 is 0 Å². The Bertz CT molecular complexity index is 175. The minimum absolute atomic E-state index is 0.0258. The number of aliphatic hydroxyl groups excluding tert-OH is 2. The molecule has 0 saturated carbocycles. The van der Waals surface area contributed by atoms with Crippen LogP contribution in [0.25, 0.3) is 0 Å². The minimum Gasteiger partial charge on any atom is -0.508 e. The van der Waals surface area contributed by atoms with Gasteiger partial charge in [0.15, 0.2) is 5.09 Å². The lowest BCUT2D eigenvalue weighted by molar-refractivity contribution is -0.137. The molecule has 0 aliphatic carbocycles. The maximum atomic E-state index is 9.99. The predicted octanol–water partition coefficient (Wildman–Crippen LogP) is 1.50. The molecule has 64 valence electrons. The van der Waals surface area contributed by atoms with E-state index < -0.39 is 5.97 Å². The third-order valence-corrected chi connectivity index (χ3v) is 1.64. The molecule has 0 aliphatic heterocycles. The van der Waals surface area contributed by atoms with Crippen LogP contribution in [0.1, 0.15) is 12.8 Å². The van der Waals surface area contributed by atoms with Crippen LogP contribution >= 0.6 is 11.8 Å². The summed E-state index contributed by atoms with van der Waals surface area (Å²) < 4.78 is 0. The van der Waals surface area contributed by atoms with Crippen LogP contribution < -0.4 is 0 Å². The predicted molar refractivity (Wildman–Crippen MR) is 42.7 cm³/mol. The first kappa shape index (κ1) is 10.2. The van der Waals surface area contributed by atoms with Gasteiger partial charge >= 0.3 is 5.97 Å². The number of rotatable bonds is 4. The third-order valence-electron chi connectivity index (χ3n) is 1.02. The van der Waals surface area contributed by atoms with Gasteiger partial charge in [-0.15, -0.1) is 0 Å².